The maximum Gasteiger partial charge on any atom is 0.308 e. The summed E-state index contributed by atoms with van der Waals surface area (Å²) in [5.41, 5.74) is 4.05. The highest BCUT2D eigenvalue weighted by Gasteiger charge is 2.33. The zero-order valence-corrected chi connectivity index (χ0v) is 9.58. The van der Waals surface area contributed by atoms with Gasteiger partial charge in [0.1, 0.15) is 12.5 Å². The molecule has 1 aromatic carbocycles. The summed E-state index contributed by atoms with van der Waals surface area (Å²) >= 11 is 0. The lowest BCUT2D eigenvalue weighted by atomic mass is 9.88. The predicted octanol–water partition coefficient (Wildman–Crippen LogP) is 1.90. The SMILES string of the molecule is CCOC(=O)C[C@@](N)(CF)c1ccccc1F. The topological polar surface area (TPSA) is 52.3 Å². The Balaban J connectivity index is 2.96. The number of ether oxygens (including phenoxy) is 1. The molecule has 0 aliphatic carbocycles. The van der Waals surface area contributed by atoms with Crippen LogP contribution in [0.3, 0.4) is 0 Å². The van der Waals surface area contributed by atoms with Crippen LogP contribution in [0.15, 0.2) is 24.3 Å². The van der Waals surface area contributed by atoms with E-state index in [4.69, 9.17) is 10.5 Å². The van der Waals surface area contributed by atoms with Crippen LogP contribution in [0.2, 0.25) is 0 Å². The molecule has 0 fully saturated rings. The van der Waals surface area contributed by atoms with E-state index in [-0.39, 0.29) is 12.2 Å². The van der Waals surface area contributed by atoms with Crippen molar-refractivity contribution in [3.05, 3.63) is 35.6 Å². The average molecular weight is 243 g/mol. The van der Waals surface area contributed by atoms with Gasteiger partial charge in [0.2, 0.25) is 0 Å². The standard InChI is InChI=1S/C12H15F2NO2/c1-2-17-11(16)7-12(15,8-13)9-5-3-4-6-10(9)14/h3-6H,2,7-8,15H2,1H3/t12-/m1/s1. The second-order valence-electron chi connectivity index (χ2n) is 3.75. The minimum atomic E-state index is -1.67. The van der Waals surface area contributed by atoms with Crippen molar-refractivity contribution in [1.29, 1.82) is 0 Å². The second kappa shape index (κ2) is 5.72. The molecule has 1 atom stereocenters. The van der Waals surface area contributed by atoms with Crippen LogP contribution < -0.4 is 5.73 Å². The number of halogens is 2. The Bertz CT molecular complexity index is 398. The van der Waals surface area contributed by atoms with E-state index in [1.165, 1.54) is 18.2 Å². The highest BCUT2D eigenvalue weighted by Crippen LogP contribution is 2.25. The van der Waals surface area contributed by atoms with E-state index < -0.39 is 30.4 Å². The molecule has 0 radical (unpaired) electrons. The average Bonchev–Trinajstić information content (AvgIpc) is 2.29. The first-order valence-corrected chi connectivity index (χ1v) is 5.29. The van der Waals surface area contributed by atoms with Crippen molar-refractivity contribution in [3.63, 3.8) is 0 Å². The van der Waals surface area contributed by atoms with E-state index in [0.717, 1.165) is 0 Å². The number of carbonyl (C=O) groups is 1. The fourth-order valence-corrected chi connectivity index (χ4v) is 1.55. The Kier molecular flexibility index (Phi) is 4.57. The molecule has 0 spiro atoms. The fourth-order valence-electron chi connectivity index (χ4n) is 1.55. The number of esters is 1. The Morgan fingerprint density at radius 2 is 2.12 bits per heavy atom. The Labute approximate surface area is 98.6 Å². The van der Waals surface area contributed by atoms with Gasteiger partial charge in [-0.05, 0) is 13.0 Å². The molecule has 0 aliphatic rings. The van der Waals surface area contributed by atoms with Gasteiger partial charge in [-0.25, -0.2) is 8.78 Å². The maximum absolute atomic E-state index is 13.5. The first kappa shape index (κ1) is 13.6. The first-order chi connectivity index (χ1) is 8.03. The van der Waals surface area contributed by atoms with Crippen LogP contribution in [0, 0.1) is 5.82 Å². The minimum Gasteiger partial charge on any atom is -0.466 e. The second-order valence-corrected chi connectivity index (χ2v) is 3.75. The molecule has 94 valence electrons. The van der Waals surface area contributed by atoms with Crippen LogP contribution in [-0.2, 0) is 15.1 Å². The molecule has 1 aromatic rings. The van der Waals surface area contributed by atoms with Crippen molar-refractivity contribution in [1.82, 2.24) is 0 Å². The monoisotopic (exact) mass is 243 g/mol. The van der Waals surface area contributed by atoms with Gasteiger partial charge in [0.15, 0.2) is 0 Å². The summed E-state index contributed by atoms with van der Waals surface area (Å²) in [6, 6.07) is 5.56. The third-order valence-corrected chi connectivity index (χ3v) is 2.41. The quantitative estimate of drug-likeness (QED) is 0.803. The largest absolute Gasteiger partial charge is 0.466 e. The lowest BCUT2D eigenvalue weighted by Crippen LogP contribution is -2.42. The van der Waals surface area contributed by atoms with Gasteiger partial charge in [0.05, 0.1) is 18.6 Å². The molecule has 0 bridgehead atoms. The maximum atomic E-state index is 13.5. The van der Waals surface area contributed by atoms with E-state index in [1.54, 1.807) is 13.0 Å². The minimum absolute atomic E-state index is 0.0180. The van der Waals surface area contributed by atoms with E-state index in [2.05, 4.69) is 0 Å². The molecule has 2 N–H and O–H groups in total. The Morgan fingerprint density at radius 1 is 1.47 bits per heavy atom. The molecule has 0 heterocycles. The molecule has 5 heteroatoms. The summed E-state index contributed by atoms with van der Waals surface area (Å²) in [6.07, 6.45) is -0.391. The summed E-state index contributed by atoms with van der Waals surface area (Å²) in [7, 11) is 0. The van der Waals surface area contributed by atoms with E-state index in [9.17, 15) is 13.6 Å². The third kappa shape index (κ3) is 3.23. The highest BCUT2D eigenvalue weighted by atomic mass is 19.1. The van der Waals surface area contributed by atoms with Gasteiger partial charge in [-0.3, -0.25) is 4.79 Å². The Morgan fingerprint density at radius 3 is 2.65 bits per heavy atom. The summed E-state index contributed by atoms with van der Waals surface area (Å²) in [5.74, 6) is -1.27. The van der Waals surface area contributed by atoms with E-state index >= 15 is 0 Å². The van der Waals surface area contributed by atoms with Crippen molar-refractivity contribution in [3.8, 4) is 0 Å². The van der Waals surface area contributed by atoms with Gasteiger partial charge in [-0.15, -0.1) is 0 Å². The van der Waals surface area contributed by atoms with E-state index in [0.29, 0.717) is 0 Å². The van der Waals surface area contributed by atoms with Crippen molar-refractivity contribution in [2.75, 3.05) is 13.3 Å². The van der Waals surface area contributed by atoms with Gasteiger partial charge in [0, 0.05) is 5.56 Å². The van der Waals surface area contributed by atoms with Crippen LogP contribution in [0.1, 0.15) is 18.9 Å². The van der Waals surface area contributed by atoms with Crippen LogP contribution in [0.5, 0.6) is 0 Å². The number of alkyl halides is 1. The summed E-state index contributed by atoms with van der Waals surface area (Å²) in [4.78, 5) is 11.3. The highest BCUT2D eigenvalue weighted by molar-refractivity contribution is 5.71. The van der Waals surface area contributed by atoms with Gasteiger partial charge in [0.25, 0.3) is 0 Å². The van der Waals surface area contributed by atoms with Crippen LogP contribution in [0.25, 0.3) is 0 Å². The molecule has 0 aromatic heterocycles. The number of carbonyl (C=O) groups excluding carboxylic acids is 1. The summed E-state index contributed by atoms with van der Waals surface area (Å²) in [6.45, 7) is 0.778. The van der Waals surface area contributed by atoms with Gasteiger partial charge in [-0.2, -0.15) is 0 Å². The van der Waals surface area contributed by atoms with Gasteiger partial charge in [-0.1, -0.05) is 18.2 Å². The van der Waals surface area contributed by atoms with Crippen molar-refractivity contribution in [2.45, 2.75) is 18.9 Å². The molecule has 0 amide bonds. The van der Waals surface area contributed by atoms with E-state index in [1.807, 2.05) is 0 Å². The van der Waals surface area contributed by atoms with Crippen LogP contribution >= 0.6 is 0 Å². The number of benzene rings is 1. The normalized spacial score (nSPS) is 14.1. The first-order valence-electron chi connectivity index (χ1n) is 5.29. The summed E-state index contributed by atoms with van der Waals surface area (Å²) in [5, 5.41) is 0. The number of nitrogens with two attached hydrogens (primary N) is 1. The molecule has 0 unspecified atom stereocenters. The lowest BCUT2D eigenvalue weighted by Gasteiger charge is -2.26. The lowest BCUT2D eigenvalue weighted by molar-refractivity contribution is -0.144. The van der Waals surface area contributed by atoms with Crippen LogP contribution in [-0.4, -0.2) is 19.3 Å². The number of rotatable bonds is 5. The molecule has 0 saturated heterocycles. The number of hydrogen-bond acceptors (Lipinski definition) is 3. The molecule has 0 saturated carbocycles. The summed E-state index contributed by atoms with van der Waals surface area (Å²) < 4.78 is 31.2. The number of hydrogen-bond donors (Lipinski definition) is 1. The molecule has 0 aliphatic heterocycles. The Hall–Kier alpha value is -1.49. The molecular weight excluding hydrogens is 228 g/mol. The predicted molar refractivity (Wildman–Crippen MR) is 59.5 cm³/mol. The smallest absolute Gasteiger partial charge is 0.308 e. The molecule has 17 heavy (non-hydrogen) atoms. The van der Waals surface area contributed by atoms with Crippen LogP contribution in [0.4, 0.5) is 8.78 Å². The molecule has 1 rings (SSSR count). The van der Waals surface area contributed by atoms with Crippen molar-refractivity contribution in [2.24, 2.45) is 5.73 Å². The zero-order valence-electron chi connectivity index (χ0n) is 9.58. The molecular formula is C12H15F2NO2. The van der Waals surface area contributed by atoms with Gasteiger partial charge >= 0.3 is 5.97 Å². The zero-order chi connectivity index (χ0) is 12.9. The fraction of sp³-hybridized carbons (Fsp3) is 0.417. The van der Waals surface area contributed by atoms with Gasteiger partial charge < -0.3 is 10.5 Å². The van der Waals surface area contributed by atoms with Crippen molar-refractivity contribution < 1.29 is 18.3 Å². The molecule has 3 nitrogen and oxygen atoms in total. The third-order valence-electron chi connectivity index (χ3n) is 2.41. The van der Waals surface area contributed by atoms with Crippen molar-refractivity contribution >= 4 is 5.97 Å².